The number of aromatic nitrogens is 2. The Morgan fingerprint density at radius 2 is 1.96 bits per heavy atom. The number of nitrogens with two attached hydrogens (primary N) is 1. The van der Waals surface area contributed by atoms with Crippen LogP contribution in [-0.4, -0.2) is 52.2 Å². The van der Waals surface area contributed by atoms with Crippen molar-refractivity contribution >= 4 is 30.9 Å². The summed E-state index contributed by atoms with van der Waals surface area (Å²) in [6.07, 6.45) is 4.89. The maximum Gasteiger partial charge on any atom is 0.491 e. The van der Waals surface area contributed by atoms with E-state index < -0.39 is 24.3 Å². The van der Waals surface area contributed by atoms with Crippen molar-refractivity contribution in [3.05, 3.63) is 22.9 Å². The van der Waals surface area contributed by atoms with Crippen LogP contribution in [0.4, 0.5) is 0 Å². The van der Waals surface area contributed by atoms with Crippen molar-refractivity contribution in [2.75, 3.05) is 12.8 Å². The monoisotopic (exact) mass is 351 g/mol. The summed E-state index contributed by atoms with van der Waals surface area (Å²) in [4.78, 5) is 19.6. The van der Waals surface area contributed by atoms with Gasteiger partial charge in [0.1, 0.15) is 0 Å². The largest absolute Gasteiger partial charge is 0.491 e. The summed E-state index contributed by atoms with van der Waals surface area (Å²) < 4.78 is 11.9. The summed E-state index contributed by atoms with van der Waals surface area (Å²) in [5.41, 5.74) is 5.77. The van der Waals surface area contributed by atoms with Crippen LogP contribution in [-0.2, 0) is 9.31 Å². The molecule has 1 aliphatic heterocycles. The first-order chi connectivity index (χ1) is 11.1. The van der Waals surface area contributed by atoms with Crippen LogP contribution in [0, 0.1) is 0 Å². The van der Waals surface area contributed by atoms with Gasteiger partial charge in [-0.15, -0.1) is 0 Å². The minimum Gasteiger partial charge on any atom is -0.476 e. The van der Waals surface area contributed by atoms with Gasteiger partial charge in [0.05, 0.1) is 11.2 Å². The van der Waals surface area contributed by atoms with Crippen molar-refractivity contribution in [2.24, 2.45) is 5.73 Å². The normalized spacial score (nSPS) is 19.6. The van der Waals surface area contributed by atoms with Gasteiger partial charge in [0, 0.05) is 18.3 Å². The topological polar surface area (TPSA) is 108 Å². The van der Waals surface area contributed by atoms with Crippen LogP contribution in [0.3, 0.4) is 0 Å². The van der Waals surface area contributed by atoms with Crippen LogP contribution in [0.15, 0.2) is 16.8 Å². The minimum absolute atomic E-state index is 0.0724. The van der Waals surface area contributed by atoms with Gasteiger partial charge in [-0.25, -0.2) is 14.8 Å². The molecule has 2 rings (SSSR count). The molecule has 0 saturated carbocycles. The molecule has 0 unspecified atom stereocenters. The van der Waals surface area contributed by atoms with Crippen LogP contribution >= 0.6 is 11.8 Å². The molecule has 1 aromatic rings. The van der Waals surface area contributed by atoms with Crippen LogP contribution < -0.4 is 5.73 Å². The SMILES string of the molecule is CSc1ncc(C=C(CN)B2OC(C)(C)C(C)(C)O2)c(C(=O)O)n1. The molecule has 0 bridgehead atoms. The first kappa shape index (κ1) is 18.9. The van der Waals surface area contributed by atoms with E-state index in [1.54, 1.807) is 12.3 Å². The molecule has 0 spiro atoms. The molecule has 0 aromatic carbocycles. The fraction of sp³-hybridized carbons (Fsp3) is 0.533. The van der Waals surface area contributed by atoms with Crippen molar-refractivity contribution in [2.45, 2.75) is 44.1 Å². The number of aromatic carboxylic acids is 1. The number of carboxylic acid groups (broad SMARTS) is 1. The van der Waals surface area contributed by atoms with E-state index in [0.717, 1.165) is 0 Å². The van der Waals surface area contributed by atoms with Gasteiger partial charge in [-0.3, -0.25) is 0 Å². The summed E-state index contributed by atoms with van der Waals surface area (Å²) >= 11 is 1.28. The van der Waals surface area contributed by atoms with E-state index in [9.17, 15) is 9.90 Å². The van der Waals surface area contributed by atoms with Crippen LogP contribution in [0.2, 0.25) is 0 Å². The molecular weight excluding hydrogens is 329 g/mol. The zero-order valence-corrected chi connectivity index (χ0v) is 15.3. The summed E-state index contributed by atoms with van der Waals surface area (Å²) in [5.74, 6) is -1.12. The highest BCUT2D eigenvalue weighted by Crippen LogP contribution is 2.38. The first-order valence-corrected chi connectivity index (χ1v) is 8.74. The van der Waals surface area contributed by atoms with Crippen molar-refractivity contribution in [3.63, 3.8) is 0 Å². The van der Waals surface area contributed by atoms with E-state index in [4.69, 9.17) is 15.0 Å². The molecule has 0 radical (unpaired) electrons. The van der Waals surface area contributed by atoms with Gasteiger partial charge in [-0.2, -0.15) is 0 Å². The van der Waals surface area contributed by atoms with E-state index in [0.29, 0.717) is 16.2 Å². The number of nitrogens with zero attached hydrogens (tertiary/aromatic N) is 2. The van der Waals surface area contributed by atoms with E-state index in [1.165, 1.54) is 18.0 Å². The lowest BCUT2D eigenvalue weighted by Gasteiger charge is -2.32. The van der Waals surface area contributed by atoms with E-state index in [1.807, 2.05) is 27.7 Å². The Labute approximate surface area is 146 Å². The molecule has 1 aromatic heterocycles. The molecule has 1 aliphatic rings. The van der Waals surface area contributed by atoms with Crippen molar-refractivity contribution in [1.82, 2.24) is 9.97 Å². The smallest absolute Gasteiger partial charge is 0.476 e. The summed E-state index contributed by atoms with van der Waals surface area (Å²) in [7, 11) is -0.637. The predicted molar refractivity (Wildman–Crippen MR) is 93.9 cm³/mol. The van der Waals surface area contributed by atoms with E-state index in [-0.39, 0.29) is 12.2 Å². The third-order valence-corrected chi connectivity index (χ3v) is 4.87. The molecule has 0 amide bonds. The first-order valence-electron chi connectivity index (χ1n) is 7.52. The molecule has 7 nitrogen and oxygen atoms in total. The van der Waals surface area contributed by atoms with Gasteiger partial charge in [-0.05, 0) is 39.4 Å². The standard InChI is InChI=1S/C15H22BN3O4S/c1-14(2)15(3,4)23-16(22-14)10(7-17)6-9-8-18-13(24-5)19-11(9)12(20)21/h6,8H,7,17H2,1-5H3,(H,20,21). The van der Waals surface area contributed by atoms with Crippen LogP contribution in [0.1, 0.15) is 43.7 Å². The number of hydrogen-bond acceptors (Lipinski definition) is 7. The molecule has 3 N–H and O–H groups in total. The molecule has 1 saturated heterocycles. The van der Waals surface area contributed by atoms with Gasteiger partial charge in [0.15, 0.2) is 10.9 Å². The van der Waals surface area contributed by atoms with Crippen LogP contribution in [0.5, 0.6) is 0 Å². The minimum atomic E-state index is -1.12. The molecule has 1 fully saturated rings. The van der Waals surface area contributed by atoms with Crippen molar-refractivity contribution in [1.29, 1.82) is 0 Å². The Balaban J connectivity index is 2.40. The zero-order valence-electron chi connectivity index (χ0n) is 14.5. The number of carbonyl (C=O) groups is 1. The van der Waals surface area contributed by atoms with Crippen molar-refractivity contribution in [3.8, 4) is 0 Å². The van der Waals surface area contributed by atoms with Crippen LogP contribution in [0.25, 0.3) is 6.08 Å². The fourth-order valence-electron chi connectivity index (χ4n) is 2.17. The Bertz CT molecular complexity index is 663. The molecular formula is C15H22BN3O4S. The quantitative estimate of drug-likeness (QED) is 0.470. The average Bonchev–Trinajstić information content (AvgIpc) is 2.72. The summed E-state index contributed by atoms with van der Waals surface area (Å²) in [6.45, 7) is 7.95. The lowest BCUT2D eigenvalue weighted by Crippen LogP contribution is -2.41. The van der Waals surface area contributed by atoms with Gasteiger partial charge in [0.25, 0.3) is 0 Å². The lowest BCUT2D eigenvalue weighted by atomic mass is 9.77. The molecule has 2 heterocycles. The molecule has 0 aliphatic carbocycles. The van der Waals surface area contributed by atoms with E-state index >= 15 is 0 Å². The van der Waals surface area contributed by atoms with E-state index in [2.05, 4.69) is 9.97 Å². The fourth-order valence-corrected chi connectivity index (χ4v) is 2.51. The highest BCUT2D eigenvalue weighted by Gasteiger charge is 2.52. The van der Waals surface area contributed by atoms with Gasteiger partial charge in [0.2, 0.25) is 0 Å². The second kappa shape index (κ2) is 6.83. The van der Waals surface area contributed by atoms with Gasteiger partial charge < -0.3 is 20.1 Å². The third-order valence-electron chi connectivity index (χ3n) is 4.31. The number of rotatable bonds is 5. The van der Waals surface area contributed by atoms with Gasteiger partial charge >= 0.3 is 13.1 Å². The second-order valence-electron chi connectivity index (χ2n) is 6.48. The number of carboxylic acids is 1. The Kier molecular flexibility index (Phi) is 5.39. The predicted octanol–water partition coefficient (Wildman–Crippen LogP) is 1.87. The maximum absolute atomic E-state index is 11.5. The van der Waals surface area contributed by atoms with Gasteiger partial charge in [-0.1, -0.05) is 17.8 Å². The molecule has 0 atom stereocenters. The summed E-state index contributed by atoms with van der Waals surface area (Å²) in [5, 5.41) is 9.78. The molecule has 9 heteroatoms. The highest BCUT2D eigenvalue weighted by molar-refractivity contribution is 7.98. The zero-order chi connectivity index (χ0) is 18.1. The molecule has 24 heavy (non-hydrogen) atoms. The Morgan fingerprint density at radius 1 is 1.38 bits per heavy atom. The lowest BCUT2D eigenvalue weighted by molar-refractivity contribution is 0.00578. The molecule has 130 valence electrons. The Hall–Kier alpha value is -1.42. The average molecular weight is 351 g/mol. The Morgan fingerprint density at radius 3 is 2.42 bits per heavy atom. The maximum atomic E-state index is 11.5. The number of hydrogen-bond donors (Lipinski definition) is 2. The van der Waals surface area contributed by atoms with Crippen molar-refractivity contribution < 1.29 is 19.2 Å². The second-order valence-corrected chi connectivity index (χ2v) is 7.25. The third kappa shape index (κ3) is 3.64. The highest BCUT2D eigenvalue weighted by atomic mass is 32.2. The number of thioether (sulfide) groups is 1. The summed E-state index contributed by atoms with van der Waals surface area (Å²) in [6, 6.07) is 0.